The monoisotopic (exact) mass is 409 g/mol. The van der Waals surface area contributed by atoms with Gasteiger partial charge in [0.25, 0.3) is 0 Å². The lowest BCUT2D eigenvalue weighted by Crippen LogP contribution is -2.30. The maximum atomic E-state index is 12.1. The smallest absolute Gasteiger partial charge is 0.492 e. The molecule has 23 heavy (non-hydrogen) atoms. The van der Waals surface area contributed by atoms with Crippen LogP contribution in [-0.2, 0) is 6.54 Å². The Hall–Kier alpha value is -1.42. The van der Waals surface area contributed by atoms with Gasteiger partial charge in [0.1, 0.15) is 18.1 Å². The second-order valence-electron chi connectivity index (χ2n) is 5.18. The number of rotatable bonds is 4. The zero-order valence-electron chi connectivity index (χ0n) is 11.8. The van der Waals surface area contributed by atoms with Gasteiger partial charge in [-0.05, 0) is 47.1 Å². The van der Waals surface area contributed by atoms with Crippen molar-refractivity contribution in [1.29, 1.82) is 0 Å². The largest absolute Gasteiger partial charge is 0.573 e. The molecule has 0 amide bonds. The average Bonchev–Trinajstić information content (AvgIpc) is 2.89. The zero-order chi connectivity index (χ0) is 16.7. The molecule has 3 rings (SSSR count). The first-order valence-corrected chi connectivity index (χ1v) is 8.11. The molecule has 1 unspecified atom stereocenters. The second kappa shape index (κ2) is 5.90. The minimum absolute atomic E-state index is 0.239. The Bertz CT molecular complexity index is 682. The SMILES string of the molecule is CC1(COc2ccc(OC(F)(F)F)cc2)Cn2nc(Br)nc2S1. The fraction of sp³-hybridized carbons (Fsp3) is 0.385. The number of benzene rings is 1. The number of alkyl halides is 3. The molecule has 2 aromatic rings. The van der Waals surface area contributed by atoms with Crippen LogP contribution in [0.5, 0.6) is 11.5 Å². The first kappa shape index (κ1) is 16.4. The third-order valence-corrected chi connectivity index (χ3v) is 4.60. The maximum absolute atomic E-state index is 12.1. The summed E-state index contributed by atoms with van der Waals surface area (Å²) in [5.41, 5.74) is 0. The molecule has 0 spiro atoms. The van der Waals surface area contributed by atoms with E-state index in [0.717, 1.165) is 5.16 Å². The Morgan fingerprint density at radius 1 is 1.30 bits per heavy atom. The highest BCUT2D eigenvalue weighted by molar-refractivity contribution is 9.10. The fourth-order valence-corrected chi connectivity index (χ4v) is 3.66. The van der Waals surface area contributed by atoms with Crippen molar-refractivity contribution in [3.8, 4) is 11.5 Å². The highest BCUT2D eigenvalue weighted by atomic mass is 79.9. The van der Waals surface area contributed by atoms with Gasteiger partial charge in [-0.2, -0.15) is 4.98 Å². The Morgan fingerprint density at radius 2 is 1.96 bits per heavy atom. The number of nitrogens with zero attached hydrogens (tertiary/aromatic N) is 3. The molecule has 0 fully saturated rings. The van der Waals surface area contributed by atoms with E-state index in [0.29, 0.717) is 23.6 Å². The third-order valence-electron chi connectivity index (χ3n) is 3.04. The molecule has 0 bridgehead atoms. The summed E-state index contributed by atoms with van der Waals surface area (Å²) >= 11 is 4.77. The van der Waals surface area contributed by atoms with Crippen molar-refractivity contribution in [3.05, 3.63) is 29.0 Å². The van der Waals surface area contributed by atoms with Gasteiger partial charge in [-0.3, -0.25) is 0 Å². The predicted molar refractivity (Wildman–Crippen MR) is 80.6 cm³/mol. The Kier molecular flexibility index (Phi) is 4.21. The van der Waals surface area contributed by atoms with Crippen LogP contribution in [0.1, 0.15) is 6.92 Å². The lowest BCUT2D eigenvalue weighted by Gasteiger charge is -2.21. The predicted octanol–water partition coefficient (Wildman–Crippen LogP) is 3.88. The van der Waals surface area contributed by atoms with E-state index < -0.39 is 6.36 Å². The van der Waals surface area contributed by atoms with Gasteiger partial charge < -0.3 is 9.47 Å². The van der Waals surface area contributed by atoms with E-state index >= 15 is 0 Å². The summed E-state index contributed by atoms with van der Waals surface area (Å²) < 4.78 is 47.9. The first-order chi connectivity index (χ1) is 10.7. The van der Waals surface area contributed by atoms with E-state index in [4.69, 9.17) is 4.74 Å². The van der Waals surface area contributed by atoms with Crippen molar-refractivity contribution < 1.29 is 22.6 Å². The van der Waals surface area contributed by atoms with Gasteiger partial charge >= 0.3 is 6.36 Å². The van der Waals surface area contributed by atoms with Gasteiger partial charge in [0.05, 0.1) is 11.3 Å². The zero-order valence-corrected chi connectivity index (χ0v) is 14.2. The molecule has 1 atom stereocenters. The highest BCUT2D eigenvalue weighted by Crippen LogP contribution is 2.40. The van der Waals surface area contributed by atoms with Crippen molar-refractivity contribution in [2.45, 2.75) is 29.7 Å². The van der Waals surface area contributed by atoms with Crippen molar-refractivity contribution in [2.75, 3.05) is 6.61 Å². The summed E-state index contributed by atoms with van der Waals surface area (Å²) in [4.78, 5) is 4.24. The molecule has 0 saturated carbocycles. The molecule has 10 heteroatoms. The molecule has 0 aliphatic carbocycles. The summed E-state index contributed by atoms with van der Waals surface area (Å²) in [5.74, 6) is 0.195. The van der Waals surface area contributed by atoms with Crippen molar-refractivity contribution in [3.63, 3.8) is 0 Å². The number of thioether (sulfide) groups is 1. The van der Waals surface area contributed by atoms with Crippen molar-refractivity contribution in [1.82, 2.24) is 14.8 Å². The molecule has 1 aromatic heterocycles. The number of hydrogen-bond donors (Lipinski definition) is 0. The molecule has 1 aliphatic rings. The topological polar surface area (TPSA) is 49.2 Å². The Balaban J connectivity index is 1.57. The highest BCUT2D eigenvalue weighted by Gasteiger charge is 2.37. The Morgan fingerprint density at radius 3 is 2.57 bits per heavy atom. The van der Waals surface area contributed by atoms with E-state index in [2.05, 4.69) is 30.7 Å². The quantitative estimate of drug-likeness (QED) is 0.766. The molecule has 0 N–H and O–H groups in total. The average molecular weight is 410 g/mol. The molecule has 0 saturated heterocycles. The Labute approximate surface area is 142 Å². The molecular weight excluding hydrogens is 399 g/mol. The van der Waals surface area contributed by atoms with Crippen LogP contribution < -0.4 is 9.47 Å². The number of fused-ring (bicyclic) bond motifs is 1. The van der Waals surface area contributed by atoms with E-state index in [1.54, 1.807) is 16.4 Å². The number of hydrogen-bond acceptors (Lipinski definition) is 5. The summed E-state index contributed by atoms with van der Waals surface area (Å²) in [6.07, 6.45) is -4.70. The normalized spacial score (nSPS) is 20.4. The standard InChI is InChI=1S/C13H11BrF3N3O2S/c1-12(6-20-11(23-12)18-10(14)19-20)7-21-8-2-4-9(5-3-8)22-13(15,16)17/h2-5H,6-7H2,1H3. The minimum atomic E-state index is -4.70. The number of ether oxygens (including phenoxy) is 2. The van der Waals surface area contributed by atoms with Crippen LogP contribution >= 0.6 is 27.7 Å². The summed E-state index contributed by atoms with van der Waals surface area (Å²) in [6.45, 7) is 3.03. The molecule has 1 aliphatic heterocycles. The van der Waals surface area contributed by atoms with Crippen LogP contribution in [0.3, 0.4) is 0 Å². The summed E-state index contributed by atoms with van der Waals surface area (Å²) in [6, 6.07) is 5.32. The van der Waals surface area contributed by atoms with Crippen LogP contribution in [0.15, 0.2) is 34.2 Å². The van der Waals surface area contributed by atoms with Crippen LogP contribution in [0.4, 0.5) is 13.2 Å². The minimum Gasteiger partial charge on any atom is -0.492 e. The maximum Gasteiger partial charge on any atom is 0.573 e. The van der Waals surface area contributed by atoms with Gasteiger partial charge in [-0.25, -0.2) is 4.68 Å². The van der Waals surface area contributed by atoms with Crippen molar-refractivity contribution in [2.24, 2.45) is 0 Å². The van der Waals surface area contributed by atoms with Gasteiger partial charge in [0, 0.05) is 0 Å². The van der Waals surface area contributed by atoms with Crippen LogP contribution in [0.25, 0.3) is 0 Å². The number of aromatic nitrogens is 3. The van der Waals surface area contributed by atoms with Gasteiger partial charge in [-0.1, -0.05) is 11.8 Å². The van der Waals surface area contributed by atoms with Crippen LogP contribution in [0, 0.1) is 0 Å². The van der Waals surface area contributed by atoms with Crippen LogP contribution in [0.2, 0.25) is 0 Å². The van der Waals surface area contributed by atoms with Gasteiger partial charge in [0.2, 0.25) is 4.73 Å². The van der Waals surface area contributed by atoms with Crippen LogP contribution in [-0.4, -0.2) is 32.5 Å². The van der Waals surface area contributed by atoms with E-state index in [-0.39, 0.29) is 10.5 Å². The van der Waals surface area contributed by atoms with E-state index in [9.17, 15) is 13.2 Å². The number of halogens is 4. The second-order valence-corrected chi connectivity index (χ2v) is 7.45. The van der Waals surface area contributed by atoms with Gasteiger partial charge in [0.15, 0.2) is 5.16 Å². The third kappa shape index (κ3) is 4.11. The first-order valence-electron chi connectivity index (χ1n) is 6.50. The molecule has 5 nitrogen and oxygen atoms in total. The molecule has 0 radical (unpaired) electrons. The molecule has 124 valence electrons. The lowest BCUT2D eigenvalue weighted by atomic mass is 10.2. The summed E-state index contributed by atoms with van der Waals surface area (Å²) in [7, 11) is 0. The molecule has 1 aromatic carbocycles. The fourth-order valence-electron chi connectivity index (χ4n) is 2.10. The van der Waals surface area contributed by atoms with E-state index in [1.165, 1.54) is 24.3 Å². The van der Waals surface area contributed by atoms with Gasteiger partial charge in [-0.15, -0.1) is 18.3 Å². The summed E-state index contributed by atoms with van der Waals surface area (Å²) in [5, 5.41) is 5.01. The van der Waals surface area contributed by atoms with E-state index in [1.807, 2.05) is 6.92 Å². The van der Waals surface area contributed by atoms with Crippen molar-refractivity contribution >= 4 is 27.7 Å². The molecular formula is C13H11BrF3N3O2S. The lowest BCUT2D eigenvalue weighted by molar-refractivity contribution is -0.274. The molecule has 2 heterocycles.